The molecular formula is C7H16N4. The van der Waals surface area contributed by atoms with Crippen molar-refractivity contribution in [1.82, 2.24) is 15.3 Å². The van der Waals surface area contributed by atoms with Gasteiger partial charge in [-0.3, -0.25) is 0 Å². The highest BCUT2D eigenvalue weighted by Crippen LogP contribution is 1.97. The Morgan fingerprint density at radius 1 is 1.36 bits per heavy atom. The molecule has 1 rings (SSSR count). The van der Waals surface area contributed by atoms with Crippen molar-refractivity contribution in [3.8, 4) is 0 Å². The Morgan fingerprint density at radius 3 is 2.73 bits per heavy atom. The van der Waals surface area contributed by atoms with Crippen molar-refractivity contribution in [2.45, 2.75) is 0 Å². The summed E-state index contributed by atoms with van der Waals surface area (Å²) in [5.74, 6) is 0. The molecule has 1 aromatic heterocycles. The first-order chi connectivity index (χ1) is 5.43. The van der Waals surface area contributed by atoms with Crippen molar-refractivity contribution in [1.29, 1.82) is 0 Å². The van der Waals surface area contributed by atoms with E-state index in [4.69, 9.17) is 0 Å². The van der Waals surface area contributed by atoms with Gasteiger partial charge in [-0.05, 0) is 7.05 Å². The predicted molar refractivity (Wildman–Crippen MR) is 48.7 cm³/mol. The van der Waals surface area contributed by atoms with Crippen LogP contribution in [0.5, 0.6) is 0 Å². The van der Waals surface area contributed by atoms with Crippen molar-refractivity contribution >= 4 is 5.69 Å². The highest BCUT2D eigenvalue weighted by molar-refractivity contribution is 5.36. The second-order valence-electron chi connectivity index (χ2n) is 2.16. The van der Waals surface area contributed by atoms with Crippen molar-refractivity contribution in [2.24, 2.45) is 0 Å². The zero-order valence-corrected chi connectivity index (χ0v) is 6.54. The first-order valence-electron chi connectivity index (χ1n) is 3.57. The number of rotatable bonds is 4. The van der Waals surface area contributed by atoms with Crippen molar-refractivity contribution in [3.63, 3.8) is 0 Å². The van der Waals surface area contributed by atoms with Gasteiger partial charge in [0.05, 0.1) is 18.1 Å². The van der Waals surface area contributed by atoms with Crippen LogP contribution in [0.3, 0.4) is 0 Å². The van der Waals surface area contributed by atoms with E-state index in [1.807, 2.05) is 7.05 Å². The Labute approximate surface area is 69.0 Å². The normalized spacial score (nSPS) is 9.55. The van der Waals surface area contributed by atoms with E-state index in [1.165, 1.54) is 6.33 Å². The maximum Gasteiger partial charge on any atom is 0.115 e. The van der Waals surface area contributed by atoms with Crippen LogP contribution in [0.2, 0.25) is 0 Å². The Bertz CT molecular complexity index is 195. The Hall–Kier alpha value is -1.16. The summed E-state index contributed by atoms with van der Waals surface area (Å²) >= 11 is 0. The highest BCUT2D eigenvalue weighted by atomic mass is 15.0. The second kappa shape index (κ2) is 4.62. The van der Waals surface area contributed by atoms with Gasteiger partial charge < -0.3 is 10.6 Å². The van der Waals surface area contributed by atoms with Crippen molar-refractivity contribution < 1.29 is 2.85 Å². The Kier molecular flexibility index (Phi) is 3.34. The van der Waals surface area contributed by atoms with Crippen LogP contribution in [-0.4, -0.2) is 30.1 Å². The third-order valence-electron chi connectivity index (χ3n) is 1.26. The minimum Gasteiger partial charge on any atom is -0.381 e. The summed E-state index contributed by atoms with van der Waals surface area (Å²) in [6.07, 6.45) is 5.02. The number of likely N-dealkylation sites (N-methyl/N-ethyl adjacent to an activating group) is 1. The predicted octanol–water partition coefficient (Wildman–Crippen LogP) is 0.600. The van der Waals surface area contributed by atoms with Crippen LogP contribution in [0.15, 0.2) is 18.7 Å². The van der Waals surface area contributed by atoms with E-state index in [-0.39, 0.29) is 2.85 Å². The maximum atomic E-state index is 3.87. The van der Waals surface area contributed by atoms with Crippen LogP contribution in [0.4, 0.5) is 5.69 Å². The fraction of sp³-hybridized carbons (Fsp3) is 0.429. The summed E-state index contributed by atoms with van der Waals surface area (Å²) in [5.41, 5.74) is 0.961. The number of nitrogens with one attached hydrogen (secondary N) is 2. The molecule has 1 heterocycles. The molecule has 0 aliphatic rings. The van der Waals surface area contributed by atoms with Gasteiger partial charge in [0.1, 0.15) is 6.33 Å². The standard InChI is InChI=1S/C7H12N4.2H2/c1-8-2-3-11-7-4-9-6-10-5-7;;/h4-6,8,11H,2-3H2,1H3;2*1H. The number of anilines is 1. The van der Waals surface area contributed by atoms with Crippen LogP contribution in [0.1, 0.15) is 2.85 Å². The molecular weight excluding hydrogens is 140 g/mol. The Balaban J connectivity index is 0. The summed E-state index contributed by atoms with van der Waals surface area (Å²) in [4.78, 5) is 7.74. The average Bonchev–Trinajstić information content (AvgIpc) is 2.07. The molecule has 0 aromatic carbocycles. The SMILES string of the molecule is CNCCNc1cncnc1.[HH].[HH]. The summed E-state index contributed by atoms with van der Waals surface area (Å²) in [5, 5.41) is 6.19. The smallest absolute Gasteiger partial charge is 0.115 e. The van der Waals surface area contributed by atoms with Gasteiger partial charge in [-0.2, -0.15) is 0 Å². The van der Waals surface area contributed by atoms with Gasteiger partial charge in [-0.15, -0.1) is 0 Å². The lowest BCUT2D eigenvalue weighted by atomic mass is 10.5. The van der Waals surface area contributed by atoms with Gasteiger partial charge in [0.15, 0.2) is 0 Å². The molecule has 64 valence electrons. The van der Waals surface area contributed by atoms with E-state index in [9.17, 15) is 0 Å². The molecule has 0 aliphatic carbocycles. The first-order valence-corrected chi connectivity index (χ1v) is 3.57. The lowest BCUT2D eigenvalue weighted by Crippen LogP contribution is -2.17. The average molecular weight is 156 g/mol. The molecule has 0 bridgehead atoms. The van der Waals surface area contributed by atoms with E-state index in [1.54, 1.807) is 12.4 Å². The number of aromatic nitrogens is 2. The largest absolute Gasteiger partial charge is 0.381 e. The quantitative estimate of drug-likeness (QED) is 0.627. The third kappa shape index (κ3) is 2.95. The van der Waals surface area contributed by atoms with Crippen LogP contribution in [-0.2, 0) is 0 Å². The molecule has 0 amide bonds. The van der Waals surface area contributed by atoms with Crippen LogP contribution >= 0.6 is 0 Å². The van der Waals surface area contributed by atoms with Crippen LogP contribution in [0.25, 0.3) is 0 Å². The fourth-order valence-electron chi connectivity index (χ4n) is 0.722. The third-order valence-corrected chi connectivity index (χ3v) is 1.26. The molecule has 0 saturated carbocycles. The molecule has 0 aliphatic heterocycles. The van der Waals surface area contributed by atoms with E-state index in [0.29, 0.717) is 0 Å². The minimum absolute atomic E-state index is 0. The molecule has 0 saturated heterocycles. The molecule has 4 nitrogen and oxygen atoms in total. The monoisotopic (exact) mass is 156 g/mol. The van der Waals surface area contributed by atoms with E-state index < -0.39 is 0 Å². The molecule has 4 heteroatoms. The zero-order valence-electron chi connectivity index (χ0n) is 6.54. The summed E-state index contributed by atoms with van der Waals surface area (Å²) in [6, 6.07) is 0. The van der Waals surface area contributed by atoms with Crippen molar-refractivity contribution in [2.75, 3.05) is 25.5 Å². The lowest BCUT2D eigenvalue weighted by molar-refractivity contribution is 0.823. The molecule has 0 fully saturated rings. The summed E-state index contributed by atoms with van der Waals surface area (Å²) in [6.45, 7) is 1.83. The van der Waals surface area contributed by atoms with Gasteiger partial charge in [0, 0.05) is 15.9 Å². The van der Waals surface area contributed by atoms with Gasteiger partial charge in [-0.1, -0.05) is 0 Å². The van der Waals surface area contributed by atoms with E-state index in [0.717, 1.165) is 18.8 Å². The molecule has 0 radical (unpaired) electrons. The molecule has 0 atom stereocenters. The summed E-state index contributed by atoms with van der Waals surface area (Å²) < 4.78 is 0. The van der Waals surface area contributed by atoms with Crippen molar-refractivity contribution in [3.05, 3.63) is 18.7 Å². The molecule has 0 unspecified atom stereocenters. The van der Waals surface area contributed by atoms with E-state index in [2.05, 4.69) is 20.6 Å². The van der Waals surface area contributed by atoms with Gasteiger partial charge in [0.25, 0.3) is 0 Å². The fourth-order valence-corrected chi connectivity index (χ4v) is 0.722. The second-order valence-corrected chi connectivity index (χ2v) is 2.16. The van der Waals surface area contributed by atoms with E-state index >= 15 is 0 Å². The zero-order chi connectivity index (χ0) is 7.94. The number of nitrogens with zero attached hydrogens (tertiary/aromatic N) is 2. The maximum absolute atomic E-state index is 3.87. The topological polar surface area (TPSA) is 49.8 Å². The Morgan fingerprint density at radius 2 is 2.09 bits per heavy atom. The number of hydrogen-bond donors (Lipinski definition) is 2. The minimum atomic E-state index is 0. The first kappa shape index (κ1) is 7.94. The summed E-state index contributed by atoms with van der Waals surface area (Å²) in [7, 11) is 1.92. The van der Waals surface area contributed by atoms with Crippen LogP contribution in [0, 0.1) is 0 Å². The number of hydrogen-bond acceptors (Lipinski definition) is 4. The molecule has 0 spiro atoms. The van der Waals surface area contributed by atoms with Gasteiger partial charge in [0.2, 0.25) is 0 Å². The lowest BCUT2D eigenvalue weighted by Gasteiger charge is -2.02. The van der Waals surface area contributed by atoms with Gasteiger partial charge >= 0.3 is 0 Å². The van der Waals surface area contributed by atoms with Crippen LogP contribution < -0.4 is 10.6 Å². The molecule has 11 heavy (non-hydrogen) atoms. The van der Waals surface area contributed by atoms with Gasteiger partial charge in [-0.25, -0.2) is 9.97 Å². The molecule has 2 N–H and O–H groups in total. The molecule has 1 aromatic rings. The highest BCUT2D eigenvalue weighted by Gasteiger charge is 1.87.